The third kappa shape index (κ3) is 4.21. The van der Waals surface area contributed by atoms with Gasteiger partial charge in [0, 0.05) is 11.6 Å². The normalized spacial score (nSPS) is 10.3. The fourth-order valence-electron chi connectivity index (χ4n) is 1.55. The number of hydrogen-bond donors (Lipinski definition) is 2. The summed E-state index contributed by atoms with van der Waals surface area (Å²) in [5.74, 6) is 0.394. The Bertz CT molecular complexity index is 541. The summed E-state index contributed by atoms with van der Waals surface area (Å²) in [7, 11) is 0. The lowest BCUT2D eigenvalue weighted by Crippen LogP contribution is -2.40. The number of carbonyl (C=O) groups is 1. The van der Waals surface area contributed by atoms with Gasteiger partial charge in [0.2, 0.25) is 0 Å². The number of nitrogens with one attached hydrogen (secondary N) is 1. The molecule has 2 aromatic rings. The van der Waals surface area contributed by atoms with Crippen molar-refractivity contribution < 1.29 is 9.21 Å². The van der Waals surface area contributed by atoms with Crippen LogP contribution in [0.15, 0.2) is 28.3 Å². The van der Waals surface area contributed by atoms with Gasteiger partial charge in [0.25, 0.3) is 5.91 Å². The van der Waals surface area contributed by atoms with E-state index in [9.17, 15) is 4.79 Å². The first-order valence-electron chi connectivity index (χ1n) is 5.53. The summed E-state index contributed by atoms with van der Waals surface area (Å²) in [6, 6.07) is 1.65. The molecule has 2 aromatic heterocycles. The van der Waals surface area contributed by atoms with Crippen molar-refractivity contribution in [2.45, 2.75) is 25.9 Å². The Balaban J connectivity index is 0.00000180. The summed E-state index contributed by atoms with van der Waals surface area (Å²) in [5.41, 5.74) is 5.40. The maximum absolute atomic E-state index is 12.0. The van der Waals surface area contributed by atoms with Gasteiger partial charge in [0.1, 0.15) is 17.0 Å². The third-order valence-corrected chi connectivity index (χ3v) is 3.61. The van der Waals surface area contributed by atoms with Crippen molar-refractivity contribution in [3.05, 3.63) is 40.2 Å². The van der Waals surface area contributed by atoms with Gasteiger partial charge in [-0.15, -0.1) is 36.2 Å². The standard InChI is InChI=1S/C12H15N3O2S.2ClH/c1-12(2,11-14-3-4-18-11)15-10(16)8-5-9(6-13)17-7-8;;/h3-5,7H,6,13H2,1-2H3,(H,15,16);2*1H. The van der Waals surface area contributed by atoms with E-state index in [4.69, 9.17) is 10.2 Å². The van der Waals surface area contributed by atoms with E-state index < -0.39 is 5.54 Å². The quantitative estimate of drug-likeness (QED) is 0.898. The summed E-state index contributed by atoms with van der Waals surface area (Å²) in [6.45, 7) is 4.10. The van der Waals surface area contributed by atoms with Crippen molar-refractivity contribution in [2.24, 2.45) is 5.73 Å². The number of carbonyl (C=O) groups excluding carboxylic acids is 1. The van der Waals surface area contributed by atoms with Crippen LogP contribution >= 0.6 is 36.2 Å². The Labute approximate surface area is 133 Å². The zero-order chi connectivity index (χ0) is 13.2. The van der Waals surface area contributed by atoms with E-state index in [0.717, 1.165) is 5.01 Å². The molecule has 3 N–H and O–H groups in total. The van der Waals surface area contributed by atoms with Crippen molar-refractivity contribution >= 4 is 42.1 Å². The van der Waals surface area contributed by atoms with E-state index in [0.29, 0.717) is 11.3 Å². The van der Waals surface area contributed by atoms with Crippen LogP contribution in [0.2, 0.25) is 0 Å². The van der Waals surface area contributed by atoms with Crippen LogP contribution in [0.5, 0.6) is 0 Å². The zero-order valence-electron chi connectivity index (χ0n) is 11.1. The Morgan fingerprint density at radius 3 is 2.70 bits per heavy atom. The van der Waals surface area contributed by atoms with E-state index >= 15 is 0 Å². The molecule has 0 unspecified atom stereocenters. The number of furan rings is 1. The lowest BCUT2D eigenvalue weighted by molar-refractivity contribution is 0.0911. The predicted molar refractivity (Wildman–Crippen MR) is 83.7 cm³/mol. The molecule has 0 spiro atoms. The Morgan fingerprint density at radius 1 is 1.50 bits per heavy atom. The average Bonchev–Trinajstić information content (AvgIpc) is 3.00. The van der Waals surface area contributed by atoms with Crippen molar-refractivity contribution in [3.63, 3.8) is 0 Å². The Morgan fingerprint density at radius 2 is 2.20 bits per heavy atom. The highest BCUT2D eigenvalue weighted by Gasteiger charge is 2.26. The van der Waals surface area contributed by atoms with Gasteiger partial charge >= 0.3 is 0 Å². The lowest BCUT2D eigenvalue weighted by atomic mass is 10.1. The average molecular weight is 338 g/mol. The summed E-state index contributed by atoms with van der Waals surface area (Å²) >= 11 is 1.51. The van der Waals surface area contributed by atoms with Crippen LogP contribution in [0.25, 0.3) is 0 Å². The van der Waals surface area contributed by atoms with Crippen molar-refractivity contribution in [3.8, 4) is 0 Å². The highest BCUT2D eigenvalue weighted by molar-refractivity contribution is 7.09. The molecular formula is C12H17Cl2N3O2S. The third-order valence-electron chi connectivity index (χ3n) is 2.51. The lowest BCUT2D eigenvalue weighted by Gasteiger charge is -2.23. The first-order chi connectivity index (χ1) is 8.53. The molecule has 0 aliphatic carbocycles. The van der Waals surface area contributed by atoms with Gasteiger partial charge in [-0.2, -0.15) is 0 Å². The predicted octanol–water partition coefficient (Wildman–Crippen LogP) is 2.70. The summed E-state index contributed by atoms with van der Waals surface area (Å²) in [4.78, 5) is 16.3. The molecule has 0 bridgehead atoms. The van der Waals surface area contributed by atoms with E-state index in [-0.39, 0.29) is 37.3 Å². The molecule has 0 atom stereocenters. The molecule has 0 saturated heterocycles. The molecular weight excluding hydrogens is 321 g/mol. The molecule has 5 nitrogen and oxygen atoms in total. The monoisotopic (exact) mass is 337 g/mol. The fourth-order valence-corrected chi connectivity index (χ4v) is 2.27. The molecule has 20 heavy (non-hydrogen) atoms. The molecule has 0 aromatic carbocycles. The summed E-state index contributed by atoms with van der Waals surface area (Å²) in [6.07, 6.45) is 3.13. The Hall–Kier alpha value is -1.08. The van der Waals surface area contributed by atoms with Crippen LogP contribution in [0.1, 0.15) is 35.0 Å². The van der Waals surface area contributed by atoms with E-state index in [1.165, 1.54) is 17.6 Å². The summed E-state index contributed by atoms with van der Waals surface area (Å²) < 4.78 is 5.14. The number of nitrogens with two attached hydrogens (primary N) is 1. The number of rotatable bonds is 4. The molecule has 2 heterocycles. The molecule has 8 heteroatoms. The van der Waals surface area contributed by atoms with Gasteiger partial charge in [-0.05, 0) is 19.9 Å². The van der Waals surface area contributed by atoms with E-state index in [1.807, 2.05) is 19.2 Å². The molecule has 1 amide bonds. The molecule has 0 aliphatic rings. The van der Waals surface area contributed by atoms with Crippen LogP contribution in [-0.4, -0.2) is 10.9 Å². The maximum Gasteiger partial charge on any atom is 0.255 e. The fraction of sp³-hybridized carbons (Fsp3) is 0.333. The number of nitrogens with zero attached hydrogens (tertiary/aromatic N) is 1. The molecule has 2 rings (SSSR count). The summed E-state index contributed by atoms with van der Waals surface area (Å²) in [5, 5.41) is 5.66. The number of hydrogen-bond acceptors (Lipinski definition) is 5. The van der Waals surface area contributed by atoms with Crippen LogP contribution in [0, 0.1) is 0 Å². The number of aromatic nitrogens is 1. The van der Waals surface area contributed by atoms with Gasteiger partial charge in [0.05, 0.1) is 17.6 Å². The van der Waals surface area contributed by atoms with Crippen LogP contribution < -0.4 is 11.1 Å². The molecule has 0 aliphatic heterocycles. The van der Waals surface area contributed by atoms with Gasteiger partial charge in [0.15, 0.2) is 0 Å². The molecule has 0 radical (unpaired) electrons. The Kier molecular flexibility index (Phi) is 7.22. The van der Waals surface area contributed by atoms with Crippen molar-refractivity contribution in [2.75, 3.05) is 0 Å². The number of halogens is 2. The second-order valence-corrected chi connectivity index (χ2v) is 5.32. The number of amides is 1. The molecule has 112 valence electrons. The van der Waals surface area contributed by atoms with Crippen molar-refractivity contribution in [1.82, 2.24) is 10.3 Å². The van der Waals surface area contributed by atoms with E-state index in [2.05, 4.69) is 10.3 Å². The molecule has 0 saturated carbocycles. The first kappa shape index (κ1) is 18.9. The minimum Gasteiger partial charge on any atom is -0.467 e. The highest BCUT2D eigenvalue weighted by Crippen LogP contribution is 2.22. The van der Waals surface area contributed by atoms with Gasteiger partial charge in [-0.1, -0.05) is 0 Å². The van der Waals surface area contributed by atoms with Gasteiger partial charge < -0.3 is 15.5 Å². The minimum atomic E-state index is -0.509. The maximum atomic E-state index is 12.0. The largest absolute Gasteiger partial charge is 0.467 e. The topological polar surface area (TPSA) is 81.2 Å². The van der Waals surface area contributed by atoms with Crippen LogP contribution in [-0.2, 0) is 12.1 Å². The van der Waals surface area contributed by atoms with Gasteiger partial charge in [-0.3, -0.25) is 4.79 Å². The first-order valence-corrected chi connectivity index (χ1v) is 6.41. The highest BCUT2D eigenvalue weighted by atomic mass is 35.5. The van der Waals surface area contributed by atoms with Crippen LogP contribution in [0.4, 0.5) is 0 Å². The molecule has 0 fully saturated rings. The second kappa shape index (κ2) is 7.64. The number of thiazole rings is 1. The van der Waals surface area contributed by atoms with Crippen molar-refractivity contribution in [1.29, 1.82) is 0 Å². The SMILES string of the molecule is CC(C)(NC(=O)c1coc(CN)c1)c1nccs1.Cl.Cl. The smallest absolute Gasteiger partial charge is 0.255 e. The second-order valence-electron chi connectivity index (χ2n) is 4.42. The minimum absolute atomic E-state index is 0. The van der Waals surface area contributed by atoms with Gasteiger partial charge in [-0.25, -0.2) is 4.98 Å². The van der Waals surface area contributed by atoms with Crippen LogP contribution in [0.3, 0.4) is 0 Å². The zero-order valence-corrected chi connectivity index (χ0v) is 13.5. The van der Waals surface area contributed by atoms with E-state index in [1.54, 1.807) is 12.3 Å².